The molecule has 0 bridgehead atoms. The standard InChI is InChI=1S/C37H68O2/c1-8-37(6,7)39-34-21-17-31(18-22-34)26-35(32-13-11-9-10-12-14-32)36(38)33-19-15-30(16-20-33)25-29(5)24-28(4)23-27(2)3/h9,11,27-36,38H,8,10,12-26H2,1-7H3. The van der Waals surface area contributed by atoms with Gasteiger partial charge in [-0.25, -0.2) is 0 Å². The maximum Gasteiger partial charge on any atom is 0.0627 e. The third kappa shape index (κ3) is 11.5. The predicted molar refractivity (Wildman–Crippen MR) is 169 cm³/mol. The highest BCUT2D eigenvalue weighted by Gasteiger charge is 2.38. The maximum absolute atomic E-state index is 12.0. The van der Waals surface area contributed by atoms with Crippen molar-refractivity contribution < 1.29 is 9.84 Å². The van der Waals surface area contributed by atoms with Crippen LogP contribution in [0.15, 0.2) is 12.2 Å². The number of aliphatic hydroxyl groups is 1. The van der Waals surface area contributed by atoms with Gasteiger partial charge in [-0.2, -0.15) is 0 Å². The molecular weight excluding hydrogens is 476 g/mol. The van der Waals surface area contributed by atoms with Crippen molar-refractivity contribution in [1.82, 2.24) is 0 Å². The van der Waals surface area contributed by atoms with Crippen molar-refractivity contribution in [2.75, 3.05) is 0 Å². The molecule has 1 N–H and O–H groups in total. The number of allylic oxidation sites excluding steroid dienone is 2. The van der Waals surface area contributed by atoms with Crippen LogP contribution in [0.1, 0.15) is 158 Å². The molecule has 2 saturated carbocycles. The van der Waals surface area contributed by atoms with Crippen molar-refractivity contribution in [2.45, 2.75) is 175 Å². The second-order valence-electron chi connectivity index (χ2n) is 15.8. The second kappa shape index (κ2) is 16.3. The quantitative estimate of drug-likeness (QED) is 0.220. The molecule has 2 nitrogen and oxygen atoms in total. The highest BCUT2D eigenvalue weighted by atomic mass is 16.5. The fourth-order valence-corrected chi connectivity index (χ4v) is 8.78. The van der Waals surface area contributed by atoms with Crippen LogP contribution in [0, 0.1) is 47.3 Å². The van der Waals surface area contributed by atoms with Gasteiger partial charge in [0.1, 0.15) is 0 Å². The summed E-state index contributed by atoms with van der Waals surface area (Å²) in [5, 5.41) is 12.0. The molecule has 5 unspecified atom stereocenters. The molecule has 39 heavy (non-hydrogen) atoms. The van der Waals surface area contributed by atoms with Crippen molar-refractivity contribution in [3.8, 4) is 0 Å². The van der Waals surface area contributed by atoms with E-state index in [0.717, 1.165) is 36.0 Å². The van der Waals surface area contributed by atoms with Crippen LogP contribution >= 0.6 is 0 Å². The third-order valence-corrected chi connectivity index (χ3v) is 11.1. The largest absolute Gasteiger partial charge is 0.393 e. The van der Waals surface area contributed by atoms with Crippen molar-refractivity contribution in [3.05, 3.63) is 12.2 Å². The SMILES string of the molecule is CCC(C)(C)OC1CCC(CC(C2CC=CCCC2)C(O)C2CCC(CC(C)CC(C)CC(C)C)CC2)CC1. The van der Waals surface area contributed by atoms with Gasteiger partial charge in [0, 0.05) is 0 Å². The van der Waals surface area contributed by atoms with Gasteiger partial charge in [0.2, 0.25) is 0 Å². The van der Waals surface area contributed by atoms with Gasteiger partial charge in [0.05, 0.1) is 17.8 Å². The van der Waals surface area contributed by atoms with E-state index in [-0.39, 0.29) is 11.7 Å². The summed E-state index contributed by atoms with van der Waals surface area (Å²) in [5.41, 5.74) is 0.00583. The Kier molecular flexibility index (Phi) is 13.9. The molecule has 228 valence electrons. The first-order valence-corrected chi connectivity index (χ1v) is 17.6. The van der Waals surface area contributed by atoms with Gasteiger partial charge >= 0.3 is 0 Å². The lowest BCUT2D eigenvalue weighted by atomic mass is 9.67. The molecule has 0 aromatic heterocycles. The molecule has 0 aromatic rings. The first-order valence-electron chi connectivity index (χ1n) is 17.6. The zero-order valence-corrected chi connectivity index (χ0v) is 27.3. The van der Waals surface area contributed by atoms with E-state index < -0.39 is 0 Å². The van der Waals surface area contributed by atoms with E-state index in [1.807, 2.05) is 0 Å². The van der Waals surface area contributed by atoms with E-state index in [0.29, 0.717) is 23.9 Å². The zero-order valence-electron chi connectivity index (χ0n) is 27.3. The zero-order chi connectivity index (χ0) is 28.4. The molecule has 3 aliphatic rings. The van der Waals surface area contributed by atoms with Crippen LogP contribution in [-0.4, -0.2) is 22.9 Å². The van der Waals surface area contributed by atoms with Crippen LogP contribution < -0.4 is 0 Å². The molecule has 0 amide bonds. The Hall–Kier alpha value is -0.340. The van der Waals surface area contributed by atoms with Crippen LogP contribution in [0.3, 0.4) is 0 Å². The van der Waals surface area contributed by atoms with Crippen molar-refractivity contribution in [3.63, 3.8) is 0 Å². The van der Waals surface area contributed by atoms with Crippen LogP contribution in [0.5, 0.6) is 0 Å². The Labute approximate surface area is 244 Å². The summed E-state index contributed by atoms with van der Waals surface area (Å²) in [5.74, 6) is 5.86. The van der Waals surface area contributed by atoms with E-state index in [9.17, 15) is 5.11 Å². The monoisotopic (exact) mass is 545 g/mol. The fourth-order valence-electron chi connectivity index (χ4n) is 8.78. The number of ether oxygens (including phenoxy) is 1. The smallest absolute Gasteiger partial charge is 0.0627 e. The molecule has 0 radical (unpaired) electrons. The van der Waals surface area contributed by atoms with Gasteiger partial charge in [-0.15, -0.1) is 0 Å². The lowest BCUT2D eigenvalue weighted by molar-refractivity contribution is -0.0931. The summed E-state index contributed by atoms with van der Waals surface area (Å²) in [6.07, 6.45) is 26.9. The molecule has 0 heterocycles. The van der Waals surface area contributed by atoms with Gasteiger partial charge < -0.3 is 9.84 Å². The number of hydrogen-bond acceptors (Lipinski definition) is 2. The fraction of sp³-hybridized carbons (Fsp3) is 0.946. The average molecular weight is 545 g/mol. The molecule has 3 aliphatic carbocycles. The van der Waals surface area contributed by atoms with Gasteiger partial charge in [-0.3, -0.25) is 0 Å². The van der Waals surface area contributed by atoms with Crippen LogP contribution in [0.4, 0.5) is 0 Å². The van der Waals surface area contributed by atoms with Crippen LogP contribution in [0.2, 0.25) is 0 Å². The van der Waals surface area contributed by atoms with Crippen LogP contribution in [0.25, 0.3) is 0 Å². The molecule has 2 heteroatoms. The second-order valence-corrected chi connectivity index (χ2v) is 15.8. The Morgan fingerprint density at radius 1 is 0.769 bits per heavy atom. The minimum Gasteiger partial charge on any atom is -0.393 e. The van der Waals surface area contributed by atoms with E-state index in [2.05, 4.69) is 60.6 Å². The molecule has 0 saturated heterocycles. The molecule has 5 atom stereocenters. The third-order valence-electron chi connectivity index (χ3n) is 11.1. The minimum absolute atomic E-state index is 0.00583. The highest BCUT2D eigenvalue weighted by molar-refractivity contribution is 4.94. The van der Waals surface area contributed by atoms with Gasteiger partial charge in [-0.1, -0.05) is 59.6 Å². The molecule has 0 spiro atoms. The van der Waals surface area contributed by atoms with Crippen molar-refractivity contribution in [2.24, 2.45) is 47.3 Å². The summed E-state index contributed by atoms with van der Waals surface area (Å²) in [6.45, 7) is 16.4. The number of aliphatic hydroxyl groups excluding tert-OH is 1. The van der Waals surface area contributed by atoms with Gasteiger partial charge in [0.15, 0.2) is 0 Å². The molecule has 3 rings (SSSR count). The van der Waals surface area contributed by atoms with Crippen molar-refractivity contribution >= 4 is 0 Å². The number of rotatable bonds is 14. The highest BCUT2D eigenvalue weighted by Crippen LogP contribution is 2.44. The number of hydrogen-bond donors (Lipinski definition) is 1. The van der Waals surface area contributed by atoms with E-state index in [1.165, 1.54) is 103 Å². The van der Waals surface area contributed by atoms with Gasteiger partial charge in [0.25, 0.3) is 0 Å². The van der Waals surface area contributed by atoms with Gasteiger partial charge in [-0.05, 0) is 158 Å². The molecular formula is C37H68O2. The first kappa shape index (κ1) is 33.2. The van der Waals surface area contributed by atoms with Crippen molar-refractivity contribution in [1.29, 1.82) is 0 Å². The first-order chi connectivity index (χ1) is 18.6. The maximum atomic E-state index is 12.0. The Morgan fingerprint density at radius 3 is 2.05 bits per heavy atom. The van der Waals surface area contributed by atoms with E-state index in [1.54, 1.807) is 0 Å². The normalized spacial score (nSPS) is 32.0. The summed E-state index contributed by atoms with van der Waals surface area (Å²) in [7, 11) is 0. The summed E-state index contributed by atoms with van der Waals surface area (Å²) in [4.78, 5) is 0. The Balaban J connectivity index is 1.52. The predicted octanol–water partition coefficient (Wildman–Crippen LogP) is 10.8. The summed E-state index contributed by atoms with van der Waals surface area (Å²) >= 11 is 0. The summed E-state index contributed by atoms with van der Waals surface area (Å²) in [6, 6.07) is 0. The topological polar surface area (TPSA) is 29.5 Å². The molecule has 0 aliphatic heterocycles. The lowest BCUT2D eigenvalue weighted by Gasteiger charge is -2.41. The Morgan fingerprint density at radius 2 is 1.41 bits per heavy atom. The average Bonchev–Trinajstić information content (AvgIpc) is 3.17. The van der Waals surface area contributed by atoms with E-state index >= 15 is 0 Å². The minimum atomic E-state index is -0.0982. The van der Waals surface area contributed by atoms with E-state index in [4.69, 9.17) is 4.74 Å². The van der Waals surface area contributed by atoms with Crippen LogP contribution in [-0.2, 0) is 4.74 Å². The lowest BCUT2D eigenvalue weighted by Crippen LogP contribution is -2.38. The molecule has 0 aromatic carbocycles. The molecule has 2 fully saturated rings. The Bertz CT molecular complexity index is 680. The summed E-state index contributed by atoms with van der Waals surface area (Å²) < 4.78 is 6.47.